The Balaban J connectivity index is 1.66. The zero-order valence-electron chi connectivity index (χ0n) is 23.0. The van der Waals surface area contributed by atoms with Crippen LogP contribution in [-0.4, -0.2) is 60.9 Å². The molecule has 2 amide bonds. The third kappa shape index (κ3) is 5.66. The van der Waals surface area contributed by atoms with E-state index in [0.717, 1.165) is 16.8 Å². The fourth-order valence-corrected chi connectivity index (χ4v) is 6.01. The summed E-state index contributed by atoms with van der Waals surface area (Å²) in [6, 6.07) is 11.7. The molecule has 1 aromatic heterocycles. The summed E-state index contributed by atoms with van der Waals surface area (Å²) in [5.41, 5.74) is 2.72. The number of nitrogens with one attached hydrogen (secondary N) is 1. The van der Waals surface area contributed by atoms with Gasteiger partial charge in [-0.05, 0) is 48.4 Å². The van der Waals surface area contributed by atoms with E-state index in [1.165, 1.54) is 28.8 Å². The van der Waals surface area contributed by atoms with Crippen molar-refractivity contribution in [1.82, 2.24) is 15.1 Å². The van der Waals surface area contributed by atoms with Crippen LogP contribution >= 0.6 is 11.8 Å². The molecule has 212 valence electrons. The first-order chi connectivity index (χ1) is 19.2. The molecule has 5 rings (SSSR count). The Hall–Kier alpha value is -3.57. The summed E-state index contributed by atoms with van der Waals surface area (Å²) in [5.74, 6) is 1.08. The van der Waals surface area contributed by atoms with Crippen LogP contribution in [0.1, 0.15) is 49.3 Å². The van der Waals surface area contributed by atoms with E-state index >= 15 is 0 Å². The highest BCUT2D eigenvalue weighted by Gasteiger charge is 2.40. The lowest BCUT2D eigenvalue weighted by molar-refractivity contribution is -0.122. The van der Waals surface area contributed by atoms with Crippen LogP contribution in [0.3, 0.4) is 0 Å². The van der Waals surface area contributed by atoms with E-state index in [9.17, 15) is 14.0 Å². The molecule has 0 bridgehead atoms. The van der Waals surface area contributed by atoms with Gasteiger partial charge in [-0.15, -0.1) is 11.8 Å². The number of anilines is 1. The zero-order valence-corrected chi connectivity index (χ0v) is 23.8. The van der Waals surface area contributed by atoms with Crippen molar-refractivity contribution >= 4 is 29.4 Å². The number of carbonyl (C=O) groups excluding carboxylic acids is 2. The molecule has 2 aromatic carbocycles. The largest absolute Gasteiger partial charge is 0.454 e. The molecule has 1 N–H and O–H groups in total. The fourth-order valence-electron chi connectivity index (χ4n) is 4.82. The van der Waals surface area contributed by atoms with Gasteiger partial charge in [0.1, 0.15) is 18.2 Å². The molecule has 0 saturated heterocycles. The molecule has 0 spiro atoms. The van der Waals surface area contributed by atoms with Gasteiger partial charge in [0.15, 0.2) is 11.5 Å². The molecule has 11 heteroatoms. The molecular weight excluding hydrogens is 535 g/mol. The Kier molecular flexibility index (Phi) is 8.04. The summed E-state index contributed by atoms with van der Waals surface area (Å²) in [7, 11) is 1.61. The van der Waals surface area contributed by atoms with Gasteiger partial charge in [0.2, 0.25) is 18.6 Å². The summed E-state index contributed by atoms with van der Waals surface area (Å²) >= 11 is 1.48. The number of thioether (sulfide) groups is 1. The second kappa shape index (κ2) is 11.5. The molecule has 1 atom stereocenters. The third-order valence-corrected chi connectivity index (χ3v) is 7.97. The molecular formula is C29H33FN4O5S. The summed E-state index contributed by atoms with van der Waals surface area (Å²) < 4.78 is 31.8. The van der Waals surface area contributed by atoms with Crippen LogP contribution in [0.5, 0.6) is 11.5 Å². The van der Waals surface area contributed by atoms with Gasteiger partial charge in [-0.2, -0.15) is 5.10 Å². The Morgan fingerprint density at radius 1 is 1.18 bits per heavy atom. The van der Waals surface area contributed by atoms with Crippen LogP contribution in [0.25, 0.3) is 5.69 Å². The lowest BCUT2D eigenvalue weighted by atomic mass is 9.87. The Morgan fingerprint density at radius 3 is 2.65 bits per heavy atom. The number of rotatable bonds is 8. The summed E-state index contributed by atoms with van der Waals surface area (Å²) in [4.78, 5) is 28.3. The van der Waals surface area contributed by atoms with Gasteiger partial charge in [-0.1, -0.05) is 26.8 Å². The Morgan fingerprint density at radius 2 is 1.93 bits per heavy atom. The maximum atomic E-state index is 13.9. The van der Waals surface area contributed by atoms with Crippen LogP contribution in [0, 0.1) is 5.82 Å². The van der Waals surface area contributed by atoms with Gasteiger partial charge < -0.3 is 19.5 Å². The van der Waals surface area contributed by atoms with Crippen molar-refractivity contribution in [3.05, 3.63) is 65.1 Å². The van der Waals surface area contributed by atoms with Crippen LogP contribution in [-0.2, 0) is 19.7 Å². The van der Waals surface area contributed by atoms with Gasteiger partial charge in [-0.25, -0.2) is 9.07 Å². The SMILES string of the molecule is COCCCNC(=O)CN1C(=O)CS[C@H](c2ccc3c(c2)OCO3)c2c(C(C)(C)C)nn(-c3ccc(F)cc3)c21. The van der Waals surface area contributed by atoms with Crippen molar-refractivity contribution in [1.29, 1.82) is 0 Å². The zero-order chi connectivity index (χ0) is 28.4. The molecule has 0 saturated carbocycles. The predicted molar refractivity (Wildman–Crippen MR) is 151 cm³/mol. The number of carbonyl (C=O) groups is 2. The van der Waals surface area contributed by atoms with E-state index < -0.39 is 5.41 Å². The lowest BCUT2D eigenvalue weighted by Crippen LogP contribution is -2.42. The average Bonchev–Trinajstić information content (AvgIpc) is 3.52. The number of nitrogens with zero attached hydrogens (tertiary/aromatic N) is 3. The van der Waals surface area contributed by atoms with Gasteiger partial charge >= 0.3 is 0 Å². The highest BCUT2D eigenvalue weighted by molar-refractivity contribution is 8.00. The van der Waals surface area contributed by atoms with Gasteiger partial charge in [0, 0.05) is 31.2 Å². The smallest absolute Gasteiger partial charge is 0.240 e. The van der Waals surface area contributed by atoms with Crippen molar-refractivity contribution in [2.75, 3.05) is 44.3 Å². The van der Waals surface area contributed by atoms with E-state index in [2.05, 4.69) is 26.1 Å². The molecule has 0 radical (unpaired) electrons. The minimum atomic E-state index is -0.411. The molecule has 9 nitrogen and oxygen atoms in total. The molecule has 40 heavy (non-hydrogen) atoms. The third-order valence-electron chi connectivity index (χ3n) is 6.72. The Labute approximate surface area is 237 Å². The molecule has 2 aliphatic rings. The minimum Gasteiger partial charge on any atom is -0.454 e. The first-order valence-corrected chi connectivity index (χ1v) is 14.2. The van der Waals surface area contributed by atoms with E-state index in [0.29, 0.717) is 42.6 Å². The van der Waals surface area contributed by atoms with Crippen LogP contribution in [0.15, 0.2) is 42.5 Å². The van der Waals surface area contributed by atoms with Crippen LogP contribution in [0.4, 0.5) is 10.2 Å². The van der Waals surface area contributed by atoms with Crippen LogP contribution in [0.2, 0.25) is 0 Å². The number of fused-ring (bicyclic) bond motifs is 2. The van der Waals surface area contributed by atoms with Crippen molar-refractivity contribution in [2.24, 2.45) is 0 Å². The maximum Gasteiger partial charge on any atom is 0.240 e. The van der Waals surface area contributed by atoms with Crippen molar-refractivity contribution in [3.8, 4) is 17.2 Å². The first-order valence-electron chi connectivity index (χ1n) is 13.1. The minimum absolute atomic E-state index is 0.151. The number of ether oxygens (including phenoxy) is 3. The Bertz CT molecular complexity index is 1400. The highest BCUT2D eigenvalue weighted by Crippen LogP contribution is 2.49. The lowest BCUT2D eigenvalue weighted by Gasteiger charge is -2.24. The standard InChI is InChI=1S/C29H33FN4O5S/c1-29(2,3)27-25-26(18-6-11-21-22(14-18)39-17-38-21)40-16-24(36)33(15-23(35)31-12-5-13-37-4)28(25)34(32-27)20-9-7-19(30)8-10-20/h6-11,14,26H,5,12-13,15-17H2,1-4H3,(H,31,35)/t26-/m1/s1. The highest BCUT2D eigenvalue weighted by atomic mass is 32.2. The second-order valence-electron chi connectivity index (χ2n) is 10.7. The number of aromatic nitrogens is 2. The molecule has 0 unspecified atom stereocenters. The second-order valence-corrected chi connectivity index (χ2v) is 11.8. The van der Waals surface area contributed by atoms with Crippen molar-refractivity contribution < 1.29 is 28.2 Å². The van der Waals surface area contributed by atoms with E-state index in [1.54, 1.807) is 23.9 Å². The number of amides is 2. The number of hydrogen-bond acceptors (Lipinski definition) is 7. The van der Waals surface area contributed by atoms with Crippen molar-refractivity contribution in [3.63, 3.8) is 0 Å². The summed E-state index contributed by atoms with van der Waals surface area (Å²) in [6.07, 6.45) is 0.658. The normalized spacial score (nSPS) is 16.6. The van der Waals surface area contributed by atoms with Gasteiger partial charge in [0.25, 0.3) is 0 Å². The maximum absolute atomic E-state index is 13.9. The van der Waals surface area contributed by atoms with Crippen LogP contribution < -0.4 is 19.7 Å². The summed E-state index contributed by atoms with van der Waals surface area (Å²) in [6.45, 7) is 7.11. The molecule has 0 fully saturated rings. The molecule has 3 aromatic rings. The predicted octanol–water partition coefficient (Wildman–Crippen LogP) is 4.36. The average molecular weight is 569 g/mol. The van der Waals surface area contributed by atoms with Gasteiger partial charge in [0.05, 0.1) is 22.4 Å². The molecule has 3 heterocycles. The quantitative estimate of drug-likeness (QED) is 0.404. The number of benzene rings is 2. The topological polar surface area (TPSA) is 94.9 Å². The van der Waals surface area contributed by atoms with E-state index in [4.69, 9.17) is 19.3 Å². The molecule has 0 aliphatic carbocycles. The number of hydrogen-bond donors (Lipinski definition) is 1. The van der Waals surface area contributed by atoms with Crippen molar-refractivity contribution in [2.45, 2.75) is 37.9 Å². The summed E-state index contributed by atoms with van der Waals surface area (Å²) in [5, 5.41) is 7.61. The van der Waals surface area contributed by atoms with Gasteiger partial charge in [-0.3, -0.25) is 14.5 Å². The van der Waals surface area contributed by atoms with E-state index in [1.807, 2.05) is 18.2 Å². The number of halogens is 1. The molecule has 2 aliphatic heterocycles. The number of methoxy groups -OCH3 is 1. The van der Waals surface area contributed by atoms with E-state index in [-0.39, 0.29) is 42.0 Å². The fraction of sp³-hybridized carbons (Fsp3) is 0.414. The first kappa shape index (κ1) is 28.0. The monoisotopic (exact) mass is 568 g/mol.